The lowest BCUT2D eigenvalue weighted by Gasteiger charge is -2.09. The van der Waals surface area contributed by atoms with Crippen molar-refractivity contribution >= 4 is 11.9 Å². The topological polar surface area (TPSA) is 76.1 Å². The number of methoxy groups -OCH3 is 1. The molecule has 0 saturated heterocycles. The zero-order valence-electron chi connectivity index (χ0n) is 13.7. The Balaban J connectivity index is 2.03. The van der Waals surface area contributed by atoms with Crippen LogP contribution in [0, 0.1) is 13.8 Å². The van der Waals surface area contributed by atoms with E-state index in [0.29, 0.717) is 31.3 Å². The van der Waals surface area contributed by atoms with Crippen LogP contribution in [0.5, 0.6) is 0 Å². The van der Waals surface area contributed by atoms with Crippen LogP contribution in [-0.4, -0.2) is 36.1 Å². The number of aryl methyl sites for hydroxylation is 2. The van der Waals surface area contributed by atoms with Gasteiger partial charge in [0.1, 0.15) is 5.69 Å². The quantitative estimate of drug-likeness (QED) is 0.765. The molecule has 0 aliphatic heterocycles. The minimum atomic E-state index is -0.230. The maximum atomic E-state index is 12.1. The van der Waals surface area contributed by atoms with Gasteiger partial charge in [0.05, 0.1) is 6.61 Å². The van der Waals surface area contributed by atoms with Gasteiger partial charge in [0.2, 0.25) is 5.95 Å². The van der Waals surface area contributed by atoms with Crippen LogP contribution in [-0.2, 0) is 11.3 Å². The highest BCUT2D eigenvalue weighted by Gasteiger charge is 2.10. The molecule has 6 heteroatoms. The maximum Gasteiger partial charge on any atom is 0.270 e. The summed E-state index contributed by atoms with van der Waals surface area (Å²) in [4.78, 5) is 20.7. The van der Waals surface area contributed by atoms with Crippen molar-refractivity contribution in [3.05, 3.63) is 52.8 Å². The van der Waals surface area contributed by atoms with Gasteiger partial charge in [0.25, 0.3) is 5.91 Å². The van der Waals surface area contributed by atoms with Crippen LogP contribution < -0.4 is 10.6 Å². The number of rotatable bonds is 7. The molecule has 0 unspecified atom stereocenters. The molecule has 2 N–H and O–H groups in total. The van der Waals surface area contributed by atoms with Crippen LogP contribution >= 0.6 is 0 Å². The zero-order chi connectivity index (χ0) is 16.7. The Morgan fingerprint density at radius 3 is 2.78 bits per heavy atom. The third-order valence-corrected chi connectivity index (χ3v) is 3.21. The smallest absolute Gasteiger partial charge is 0.270 e. The molecule has 1 heterocycles. The minimum absolute atomic E-state index is 0.230. The molecule has 2 aromatic rings. The van der Waals surface area contributed by atoms with Crippen LogP contribution in [0.1, 0.15) is 27.3 Å². The van der Waals surface area contributed by atoms with Crippen LogP contribution in [0.2, 0.25) is 0 Å². The highest BCUT2D eigenvalue weighted by molar-refractivity contribution is 5.92. The van der Waals surface area contributed by atoms with E-state index in [-0.39, 0.29) is 5.91 Å². The summed E-state index contributed by atoms with van der Waals surface area (Å²) in [6.07, 6.45) is 0. The van der Waals surface area contributed by atoms with Gasteiger partial charge in [0, 0.05) is 25.9 Å². The third-order valence-electron chi connectivity index (χ3n) is 3.21. The fourth-order valence-corrected chi connectivity index (χ4v) is 2.12. The van der Waals surface area contributed by atoms with Gasteiger partial charge in [0.15, 0.2) is 0 Å². The Morgan fingerprint density at radius 2 is 2.04 bits per heavy atom. The fraction of sp³-hybridized carbons (Fsp3) is 0.353. The lowest BCUT2D eigenvalue weighted by Crippen LogP contribution is -2.28. The first-order valence-electron chi connectivity index (χ1n) is 7.50. The van der Waals surface area contributed by atoms with E-state index in [2.05, 4.69) is 39.7 Å². The first-order chi connectivity index (χ1) is 11.1. The Bertz CT molecular complexity index is 673. The standard InChI is InChI=1S/C17H22N4O2/c1-12-5-4-6-14(9-12)11-19-17-20-13(2)10-15(21-17)16(22)18-7-8-23-3/h4-6,9-10H,7-8,11H2,1-3H3,(H,18,22)(H,19,20,21). The number of hydrogen-bond acceptors (Lipinski definition) is 5. The minimum Gasteiger partial charge on any atom is -0.383 e. The van der Waals surface area contributed by atoms with E-state index in [1.807, 2.05) is 19.1 Å². The number of benzene rings is 1. The summed E-state index contributed by atoms with van der Waals surface area (Å²) in [7, 11) is 1.59. The van der Waals surface area contributed by atoms with Crippen LogP contribution in [0.3, 0.4) is 0 Å². The number of nitrogens with one attached hydrogen (secondary N) is 2. The van der Waals surface area contributed by atoms with Gasteiger partial charge in [-0.05, 0) is 25.5 Å². The summed E-state index contributed by atoms with van der Waals surface area (Å²) in [5.74, 6) is 0.217. The predicted molar refractivity (Wildman–Crippen MR) is 89.5 cm³/mol. The molecule has 6 nitrogen and oxygen atoms in total. The molecule has 0 bridgehead atoms. The van der Waals surface area contributed by atoms with Gasteiger partial charge in [-0.1, -0.05) is 29.8 Å². The normalized spacial score (nSPS) is 10.4. The lowest BCUT2D eigenvalue weighted by atomic mass is 10.1. The average Bonchev–Trinajstić information content (AvgIpc) is 2.53. The van der Waals surface area contributed by atoms with E-state index >= 15 is 0 Å². The van der Waals surface area contributed by atoms with E-state index in [1.54, 1.807) is 13.2 Å². The summed E-state index contributed by atoms with van der Waals surface area (Å²) in [5, 5.41) is 5.92. The van der Waals surface area contributed by atoms with Crippen LogP contribution in [0.4, 0.5) is 5.95 Å². The molecule has 1 aromatic carbocycles. The van der Waals surface area contributed by atoms with Crippen molar-refractivity contribution in [2.24, 2.45) is 0 Å². The molecular formula is C17H22N4O2. The monoisotopic (exact) mass is 314 g/mol. The first kappa shape index (κ1) is 16.9. The first-order valence-corrected chi connectivity index (χ1v) is 7.50. The van der Waals surface area contributed by atoms with Gasteiger partial charge in [-0.15, -0.1) is 0 Å². The van der Waals surface area contributed by atoms with E-state index in [9.17, 15) is 4.79 Å². The Kier molecular flexibility index (Phi) is 6.05. The van der Waals surface area contributed by atoms with E-state index in [1.165, 1.54) is 5.56 Å². The molecule has 0 aliphatic carbocycles. The second kappa shape index (κ2) is 8.24. The number of carbonyl (C=O) groups excluding carboxylic acids is 1. The van der Waals surface area contributed by atoms with Crippen LogP contribution in [0.15, 0.2) is 30.3 Å². The molecule has 122 valence electrons. The molecule has 23 heavy (non-hydrogen) atoms. The highest BCUT2D eigenvalue weighted by Crippen LogP contribution is 2.09. The Morgan fingerprint density at radius 1 is 1.22 bits per heavy atom. The summed E-state index contributed by atoms with van der Waals surface area (Å²) in [6, 6.07) is 9.86. The molecule has 0 fully saturated rings. The third kappa shape index (κ3) is 5.34. The highest BCUT2D eigenvalue weighted by atomic mass is 16.5. The van der Waals surface area contributed by atoms with E-state index in [4.69, 9.17) is 4.74 Å². The second-order valence-electron chi connectivity index (χ2n) is 5.31. The van der Waals surface area contributed by atoms with Crippen molar-refractivity contribution in [2.75, 3.05) is 25.6 Å². The lowest BCUT2D eigenvalue weighted by molar-refractivity contribution is 0.0932. The van der Waals surface area contributed by atoms with Crippen molar-refractivity contribution in [3.63, 3.8) is 0 Å². The fourth-order valence-electron chi connectivity index (χ4n) is 2.12. The van der Waals surface area contributed by atoms with Gasteiger partial charge in [-0.3, -0.25) is 4.79 Å². The van der Waals surface area contributed by atoms with E-state index in [0.717, 1.165) is 11.3 Å². The molecule has 1 amide bonds. The summed E-state index contributed by atoms with van der Waals surface area (Å²) in [6.45, 7) is 5.41. The number of anilines is 1. The molecule has 1 aromatic heterocycles. The SMILES string of the molecule is COCCNC(=O)c1cc(C)nc(NCc2cccc(C)c2)n1. The van der Waals surface area contributed by atoms with Gasteiger partial charge >= 0.3 is 0 Å². The number of hydrogen-bond donors (Lipinski definition) is 2. The Labute approximate surface area is 136 Å². The summed E-state index contributed by atoms with van der Waals surface area (Å²) < 4.78 is 4.91. The average molecular weight is 314 g/mol. The molecular weight excluding hydrogens is 292 g/mol. The van der Waals surface area contributed by atoms with Crippen molar-refractivity contribution in [3.8, 4) is 0 Å². The van der Waals surface area contributed by atoms with Crippen molar-refractivity contribution in [1.29, 1.82) is 0 Å². The molecule has 2 rings (SSSR count). The predicted octanol–water partition coefficient (Wildman–Crippen LogP) is 2.08. The molecule has 0 saturated carbocycles. The van der Waals surface area contributed by atoms with E-state index < -0.39 is 0 Å². The molecule has 0 atom stereocenters. The summed E-state index contributed by atoms with van der Waals surface area (Å²) >= 11 is 0. The van der Waals surface area contributed by atoms with Crippen molar-refractivity contribution < 1.29 is 9.53 Å². The van der Waals surface area contributed by atoms with Crippen LogP contribution in [0.25, 0.3) is 0 Å². The number of aromatic nitrogens is 2. The number of carbonyl (C=O) groups is 1. The maximum absolute atomic E-state index is 12.1. The van der Waals surface area contributed by atoms with Gasteiger partial charge < -0.3 is 15.4 Å². The number of amides is 1. The molecule has 0 aliphatic rings. The second-order valence-corrected chi connectivity index (χ2v) is 5.31. The molecule has 0 spiro atoms. The largest absolute Gasteiger partial charge is 0.383 e. The van der Waals surface area contributed by atoms with Crippen molar-refractivity contribution in [1.82, 2.24) is 15.3 Å². The Hall–Kier alpha value is -2.47. The van der Waals surface area contributed by atoms with Gasteiger partial charge in [-0.2, -0.15) is 0 Å². The number of ether oxygens (including phenoxy) is 1. The zero-order valence-corrected chi connectivity index (χ0v) is 13.7. The molecule has 0 radical (unpaired) electrons. The summed E-state index contributed by atoms with van der Waals surface area (Å²) in [5.41, 5.74) is 3.43. The van der Waals surface area contributed by atoms with Crippen molar-refractivity contribution in [2.45, 2.75) is 20.4 Å². The number of nitrogens with zero attached hydrogens (tertiary/aromatic N) is 2. The van der Waals surface area contributed by atoms with Gasteiger partial charge in [-0.25, -0.2) is 9.97 Å².